The highest BCUT2D eigenvalue weighted by Gasteiger charge is 2.20. The maximum atomic E-state index is 6.29. The Balaban J connectivity index is 1.88. The van der Waals surface area contributed by atoms with Crippen molar-refractivity contribution in [1.82, 2.24) is 0 Å². The van der Waals surface area contributed by atoms with Gasteiger partial charge in [0.2, 0.25) is 0 Å². The van der Waals surface area contributed by atoms with Crippen molar-refractivity contribution in [3.05, 3.63) is 35.4 Å². The highest BCUT2D eigenvalue weighted by Crippen LogP contribution is 2.31. The zero-order valence-electron chi connectivity index (χ0n) is 11.4. The minimum atomic E-state index is 0.283. The molecule has 18 heavy (non-hydrogen) atoms. The Hall–Kier alpha value is -0.530. The van der Waals surface area contributed by atoms with Gasteiger partial charge in [0.1, 0.15) is 0 Å². The monoisotopic (exact) mass is 266 g/mol. The van der Waals surface area contributed by atoms with E-state index in [4.69, 9.17) is 16.3 Å². The number of hydrogen-bond donors (Lipinski definition) is 0. The molecule has 0 N–H and O–H groups in total. The predicted octanol–water partition coefficient (Wildman–Crippen LogP) is 4.73. The molecule has 0 saturated carbocycles. The molecule has 0 fully saturated rings. The van der Waals surface area contributed by atoms with Crippen LogP contribution in [0.25, 0.3) is 0 Å². The fourth-order valence-corrected chi connectivity index (χ4v) is 2.70. The SMILES string of the molecule is CC(C)C(Cl)CCCC1OCCc2ccccc21. The molecule has 1 aromatic rings. The Labute approximate surface area is 115 Å². The summed E-state index contributed by atoms with van der Waals surface area (Å²) in [5.74, 6) is 0.561. The fourth-order valence-electron chi connectivity index (χ4n) is 2.55. The second kappa shape index (κ2) is 6.58. The largest absolute Gasteiger partial charge is 0.373 e. The van der Waals surface area contributed by atoms with Gasteiger partial charge in [0.25, 0.3) is 0 Å². The van der Waals surface area contributed by atoms with E-state index in [2.05, 4.69) is 38.1 Å². The van der Waals surface area contributed by atoms with Gasteiger partial charge >= 0.3 is 0 Å². The van der Waals surface area contributed by atoms with Gasteiger partial charge in [-0.2, -0.15) is 0 Å². The van der Waals surface area contributed by atoms with Gasteiger partial charge in [-0.05, 0) is 42.7 Å². The van der Waals surface area contributed by atoms with Gasteiger partial charge in [0.05, 0.1) is 12.7 Å². The number of rotatable bonds is 5. The summed E-state index contributed by atoms with van der Waals surface area (Å²) in [7, 11) is 0. The lowest BCUT2D eigenvalue weighted by Gasteiger charge is -2.26. The Bertz CT molecular complexity index is 375. The van der Waals surface area contributed by atoms with Crippen molar-refractivity contribution in [2.75, 3.05) is 6.61 Å². The summed E-state index contributed by atoms with van der Waals surface area (Å²) >= 11 is 6.29. The summed E-state index contributed by atoms with van der Waals surface area (Å²) in [4.78, 5) is 0. The van der Waals surface area contributed by atoms with Gasteiger partial charge in [-0.15, -0.1) is 11.6 Å². The lowest BCUT2D eigenvalue weighted by Crippen LogP contribution is -2.17. The lowest BCUT2D eigenvalue weighted by molar-refractivity contribution is 0.0347. The van der Waals surface area contributed by atoms with E-state index in [1.807, 2.05) is 0 Å². The van der Waals surface area contributed by atoms with E-state index in [0.717, 1.165) is 32.3 Å². The van der Waals surface area contributed by atoms with Gasteiger partial charge in [-0.3, -0.25) is 0 Å². The van der Waals surface area contributed by atoms with Gasteiger partial charge in [0.15, 0.2) is 0 Å². The number of halogens is 1. The van der Waals surface area contributed by atoms with Crippen LogP contribution in [0.5, 0.6) is 0 Å². The zero-order valence-corrected chi connectivity index (χ0v) is 12.1. The third-order valence-electron chi connectivity index (χ3n) is 3.76. The van der Waals surface area contributed by atoms with Crippen molar-refractivity contribution in [2.24, 2.45) is 5.92 Å². The zero-order chi connectivity index (χ0) is 13.0. The molecule has 2 atom stereocenters. The van der Waals surface area contributed by atoms with Gasteiger partial charge in [0, 0.05) is 5.38 Å². The lowest BCUT2D eigenvalue weighted by atomic mass is 9.93. The molecule has 1 aliphatic heterocycles. The molecule has 2 rings (SSSR count). The Morgan fingerprint density at radius 1 is 1.33 bits per heavy atom. The highest BCUT2D eigenvalue weighted by molar-refractivity contribution is 6.20. The van der Waals surface area contributed by atoms with Crippen molar-refractivity contribution >= 4 is 11.6 Å². The Morgan fingerprint density at radius 2 is 2.11 bits per heavy atom. The minimum absolute atomic E-state index is 0.283. The van der Waals surface area contributed by atoms with E-state index >= 15 is 0 Å². The smallest absolute Gasteiger partial charge is 0.0827 e. The van der Waals surface area contributed by atoms with Crippen LogP contribution in [0, 0.1) is 5.92 Å². The molecule has 0 radical (unpaired) electrons. The van der Waals surface area contributed by atoms with E-state index < -0.39 is 0 Å². The fraction of sp³-hybridized carbons (Fsp3) is 0.625. The summed E-state index contributed by atoms with van der Waals surface area (Å²) in [5, 5.41) is 0.295. The van der Waals surface area contributed by atoms with Crippen LogP contribution in [0.15, 0.2) is 24.3 Å². The Kier molecular flexibility index (Phi) is 5.08. The van der Waals surface area contributed by atoms with Crippen molar-refractivity contribution in [2.45, 2.75) is 51.0 Å². The topological polar surface area (TPSA) is 9.23 Å². The van der Waals surface area contributed by atoms with Crippen LogP contribution in [-0.4, -0.2) is 12.0 Å². The standard InChI is InChI=1S/C16H23ClO/c1-12(2)15(17)8-5-9-16-14-7-4-3-6-13(14)10-11-18-16/h3-4,6-7,12,15-16H,5,8-11H2,1-2H3. The molecule has 100 valence electrons. The first-order chi connectivity index (χ1) is 8.68. The van der Waals surface area contributed by atoms with Crippen molar-refractivity contribution in [3.8, 4) is 0 Å². The van der Waals surface area contributed by atoms with Crippen LogP contribution in [0.3, 0.4) is 0 Å². The minimum Gasteiger partial charge on any atom is -0.373 e. The van der Waals surface area contributed by atoms with Crippen molar-refractivity contribution in [3.63, 3.8) is 0 Å². The van der Waals surface area contributed by atoms with Crippen LogP contribution >= 0.6 is 11.6 Å². The van der Waals surface area contributed by atoms with E-state index in [1.165, 1.54) is 11.1 Å². The summed E-state index contributed by atoms with van der Waals surface area (Å²) in [5.41, 5.74) is 2.85. The molecule has 0 bridgehead atoms. The number of benzene rings is 1. The first-order valence-corrected chi connectivity index (χ1v) is 7.45. The van der Waals surface area contributed by atoms with Crippen LogP contribution in [0.4, 0.5) is 0 Å². The van der Waals surface area contributed by atoms with Crippen LogP contribution < -0.4 is 0 Å². The first kappa shape index (κ1) is 13.9. The predicted molar refractivity (Wildman–Crippen MR) is 77.2 cm³/mol. The molecule has 0 saturated heterocycles. The third kappa shape index (κ3) is 3.49. The first-order valence-electron chi connectivity index (χ1n) is 7.02. The highest BCUT2D eigenvalue weighted by atomic mass is 35.5. The summed E-state index contributed by atoms with van der Waals surface area (Å²) in [6.07, 6.45) is 4.65. The number of ether oxygens (including phenoxy) is 1. The number of hydrogen-bond acceptors (Lipinski definition) is 1. The van der Waals surface area contributed by atoms with E-state index in [1.54, 1.807) is 0 Å². The van der Waals surface area contributed by atoms with Gasteiger partial charge in [-0.25, -0.2) is 0 Å². The summed E-state index contributed by atoms with van der Waals surface area (Å²) in [6, 6.07) is 8.66. The Morgan fingerprint density at radius 3 is 2.89 bits per heavy atom. The average molecular weight is 267 g/mol. The molecule has 1 aromatic carbocycles. The molecule has 2 heteroatoms. The quantitative estimate of drug-likeness (QED) is 0.700. The molecule has 0 aromatic heterocycles. The van der Waals surface area contributed by atoms with E-state index in [9.17, 15) is 0 Å². The van der Waals surface area contributed by atoms with E-state index in [-0.39, 0.29) is 6.10 Å². The maximum Gasteiger partial charge on any atom is 0.0827 e. The average Bonchev–Trinajstić information content (AvgIpc) is 2.38. The summed E-state index contributed by atoms with van der Waals surface area (Å²) < 4.78 is 5.90. The molecule has 0 spiro atoms. The molecule has 1 aliphatic rings. The molecular weight excluding hydrogens is 244 g/mol. The van der Waals surface area contributed by atoms with Crippen LogP contribution in [0.2, 0.25) is 0 Å². The van der Waals surface area contributed by atoms with Crippen molar-refractivity contribution < 1.29 is 4.74 Å². The molecule has 0 amide bonds. The normalized spacial score (nSPS) is 20.8. The molecule has 0 aliphatic carbocycles. The van der Waals surface area contributed by atoms with E-state index in [0.29, 0.717) is 11.3 Å². The summed E-state index contributed by atoms with van der Waals surface area (Å²) in [6.45, 7) is 5.23. The van der Waals surface area contributed by atoms with Gasteiger partial charge in [-0.1, -0.05) is 38.1 Å². The number of alkyl halides is 1. The van der Waals surface area contributed by atoms with Crippen molar-refractivity contribution in [1.29, 1.82) is 0 Å². The molecule has 2 unspecified atom stereocenters. The molecule has 1 heterocycles. The second-order valence-corrected chi connectivity index (χ2v) is 6.06. The third-order valence-corrected chi connectivity index (χ3v) is 4.48. The van der Waals surface area contributed by atoms with Crippen LogP contribution in [0.1, 0.15) is 50.3 Å². The molecular formula is C16H23ClO. The maximum absolute atomic E-state index is 6.29. The number of fused-ring (bicyclic) bond motifs is 1. The van der Waals surface area contributed by atoms with Gasteiger partial charge < -0.3 is 4.74 Å². The molecule has 1 nitrogen and oxygen atoms in total. The second-order valence-electron chi connectivity index (χ2n) is 5.50. The van der Waals surface area contributed by atoms with Crippen LogP contribution in [-0.2, 0) is 11.2 Å².